The number of carbonyl (C=O) groups is 6. The van der Waals surface area contributed by atoms with Crippen molar-refractivity contribution in [1.82, 2.24) is 9.80 Å². The Hall–Kier alpha value is -3.22. The van der Waals surface area contributed by atoms with Crippen molar-refractivity contribution in [2.24, 2.45) is 11.8 Å². The van der Waals surface area contributed by atoms with Crippen LogP contribution in [0, 0.1) is 11.8 Å². The van der Waals surface area contributed by atoms with Gasteiger partial charge in [-0.2, -0.15) is 0 Å². The molecule has 13 nitrogen and oxygen atoms in total. The van der Waals surface area contributed by atoms with Crippen LogP contribution in [0.1, 0.15) is 292 Å². The summed E-state index contributed by atoms with van der Waals surface area (Å²) in [7, 11) is 3.97. The van der Waals surface area contributed by atoms with E-state index in [0.717, 1.165) is 161 Å². The topological polar surface area (TPSA) is 155 Å². The Labute approximate surface area is 465 Å². The molecule has 446 valence electrons. The van der Waals surface area contributed by atoms with E-state index in [1.54, 1.807) is 4.90 Å². The van der Waals surface area contributed by atoms with Gasteiger partial charge >= 0.3 is 29.8 Å². The van der Waals surface area contributed by atoms with Crippen molar-refractivity contribution in [3.8, 4) is 0 Å². The van der Waals surface area contributed by atoms with E-state index in [1.807, 2.05) is 14.1 Å². The molecule has 0 heterocycles. The third-order valence-electron chi connectivity index (χ3n) is 14.6. The molecule has 0 N–H and O–H groups in total. The number of unbranched alkanes of at least 4 members (excludes halogenated alkanes) is 20. The average Bonchev–Trinajstić information content (AvgIpc) is 3.40. The normalized spacial score (nSPS) is 13.0. The van der Waals surface area contributed by atoms with Gasteiger partial charge in [-0.05, 0) is 91.3 Å². The quantitative estimate of drug-likeness (QED) is 0.0323. The van der Waals surface area contributed by atoms with E-state index >= 15 is 0 Å². The maximum Gasteiger partial charge on any atom is 0.308 e. The molecule has 0 aliphatic carbocycles. The highest BCUT2D eigenvalue weighted by Crippen LogP contribution is 2.23. The van der Waals surface area contributed by atoms with Gasteiger partial charge in [0.1, 0.15) is 19.3 Å². The Morgan fingerprint density at radius 3 is 1.14 bits per heavy atom. The lowest BCUT2D eigenvalue weighted by atomic mass is 9.94. The molecule has 0 bridgehead atoms. The lowest BCUT2D eigenvalue weighted by Crippen LogP contribution is -2.47. The number of hydrogen-bond donors (Lipinski definition) is 0. The number of carbonyl (C=O) groups excluding carboxylic acids is 6. The van der Waals surface area contributed by atoms with Crippen molar-refractivity contribution in [2.75, 3.05) is 53.6 Å². The zero-order valence-electron chi connectivity index (χ0n) is 50.5. The van der Waals surface area contributed by atoms with E-state index in [1.165, 1.54) is 51.4 Å². The summed E-state index contributed by atoms with van der Waals surface area (Å²) in [6.07, 6.45) is 34.4. The summed E-state index contributed by atoms with van der Waals surface area (Å²) >= 11 is 0. The number of nitrogens with zero attached hydrogens (tertiary/aromatic N) is 2. The van der Waals surface area contributed by atoms with E-state index < -0.39 is 23.9 Å². The van der Waals surface area contributed by atoms with Crippen LogP contribution in [0.15, 0.2) is 0 Å². The van der Waals surface area contributed by atoms with Crippen LogP contribution in [-0.4, -0.2) is 111 Å². The van der Waals surface area contributed by atoms with Crippen LogP contribution >= 0.6 is 0 Å². The van der Waals surface area contributed by atoms with Crippen molar-refractivity contribution in [2.45, 2.75) is 304 Å². The summed E-state index contributed by atoms with van der Waals surface area (Å²) in [5.41, 5.74) is 0. The van der Waals surface area contributed by atoms with Crippen molar-refractivity contribution < 1.29 is 52.5 Å². The number of ether oxygens (including phenoxy) is 5. The lowest BCUT2D eigenvalue weighted by Gasteiger charge is -2.31. The SMILES string of the molecule is CCCCCCCCC(CCCCCC)C(=O)OCCCC(=O)OCC(COC(=O)CCCOC(=O)C(CCCCCC)CCCCCCCC)N(CCCCN(C)C)C(=O)CCC(=O)OC(CCC)CCCCCC. The van der Waals surface area contributed by atoms with E-state index in [-0.39, 0.29) is 87.9 Å². The Morgan fingerprint density at radius 2 is 0.737 bits per heavy atom. The van der Waals surface area contributed by atoms with Crippen molar-refractivity contribution in [1.29, 1.82) is 0 Å². The smallest absolute Gasteiger partial charge is 0.308 e. The molecule has 0 saturated carbocycles. The van der Waals surface area contributed by atoms with Gasteiger partial charge in [0.25, 0.3) is 0 Å². The van der Waals surface area contributed by atoms with Crippen molar-refractivity contribution >= 4 is 35.8 Å². The third-order valence-corrected chi connectivity index (χ3v) is 14.6. The van der Waals surface area contributed by atoms with Crippen molar-refractivity contribution in [3.63, 3.8) is 0 Å². The van der Waals surface area contributed by atoms with Crippen LogP contribution in [0.5, 0.6) is 0 Å². The first kappa shape index (κ1) is 72.8. The summed E-state index contributed by atoms with van der Waals surface area (Å²) in [6, 6.07) is -0.816. The van der Waals surface area contributed by atoms with Gasteiger partial charge in [-0.15, -0.1) is 0 Å². The number of rotatable bonds is 55. The highest BCUT2D eigenvalue weighted by molar-refractivity contribution is 5.82. The first-order valence-corrected chi connectivity index (χ1v) is 31.6. The average molecular weight is 1080 g/mol. The van der Waals surface area contributed by atoms with E-state index in [9.17, 15) is 28.8 Å². The molecule has 0 aliphatic heterocycles. The molecule has 0 rings (SSSR count). The van der Waals surface area contributed by atoms with Gasteiger partial charge in [0.15, 0.2) is 0 Å². The number of hydrogen-bond acceptors (Lipinski definition) is 12. The maximum absolute atomic E-state index is 14.2. The molecule has 0 aromatic heterocycles. The van der Waals surface area contributed by atoms with Gasteiger partial charge in [0.05, 0.1) is 37.5 Å². The Kier molecular flexibility index (Phi) is 50.3. The predicted molar refractivity (Wildman–Crippen MR) is 309 cm³/mol. The van der Waals surface area contributed by atoms with Crippen LogP contribution in [-0.2, 0) is 52.5 Å². The molecule has 0 aliphatic rings. The molecular weight excluding hydrogens is 961 g/mol. The highest BCUT2D eigenvalue weighted by Gasteiger charge is 2.28. The molecule has 13 heteroatoms. The second-order valence-corrected chi connectivity index (χ2v) is 22.1. The zero-order chi connectivity index (χ0) is 56.3. The van der Waals surface area contributed by atoms with Crippen LogP contribution in [0.25, 0.3) is 0 Å². The van der Waals surface area contributed by atoms with Crippen LogP contribution in [0.2, 0.25) is 0 Å². The van der Waals surface area contributed by atoms with Gasteiger partial charge in [0, 0.05) is 25.8 Å². The van der Waals surface area contributed by atoms with Gasteiger partial charge in [0.2, 0.25) is 5.91 Å². The minimum absolute atomic E-state index is 0.00958. The number of esters is 5. The second-order valence-electron chi connectivity index (χ2n) is 22.1. The largest absolute Gasteiger partial charge is 0.465 e. The molecule has 0 spiro atoms. The fraction of sp³-hybridized carbons (Fsp3) is 0.905. The van der Waals surface area contributed by atoms with E-state index in [0.29, 0.717) is 25.8 Å². The minimum atomic E-state index is -0.816. The predicted octanol–water partition coefficient (Wildman–Crippen LogP) is 15.4. The number of amides is 1. The molecule has 3 atom stereocenters. The molecule has 0 aromatic rings. The van der Waals surface area contributed by atoms with E-state index in [4.69, 9.17) is 23.7 Å². The summed E-state index contributed by atoms with van der Waals surface area (Å²) in [4.78, 5) is 84.3. The zero-order valence-corrected chi connectivity index (χ0v) is 50.5. The highest BCUT2D eigenvalue weighted by atomic mass is 16.6. The molecule has 3 unspecified atom stereocenters. The molecule has 0 aromatic carbocycles. The fourth-order valence-electron chi connectivity index (χ4n) is 9.70. The van der Waals surface area contributed by atoms with Gasteiger partial charge in [-0.3, -0.25) is 28.8 Å². The van der Waals surface area contributed by atoms with Crippen LogP contribution < -0.4 is 0 Å². The first-order chi connectivity index (χ1) is 36.9. The fourth-order valence-corrected chi connectivity index (χ4v) is 9.70. The third kappa shape index (κ3) is 42.8. The summed E-state index contributed by atoms with van der Waals surface area (Å²) in [5.74, 6) is -2.41. The molecular formula is C63H118N2O11. The minimum Gasteiger partial charge on any atom is -0.465 e. The van der Waals surface area contributed by atoms with Crippen molar-refractivity contribution in [3.05, 3.63) is 0 Å². The van der Waals surface area contributed by atoms with Crippen LogP contribution in [0.4, 0.5) is 0 Å². The Bertz CT molecular complexity index is 1360. The second kappa shape index (κ2) is 52.5. The standard InChI is InChI=1S/C63H118N2O11/c1-9-15-20-25-27-31-41-54(39-29-22-17-11-3)62(70)72-50-36-44-59(67)74-52-56(53-75-60(68)45-37-51-73-63(71)55(40-30-23-18-12-4)42-32-28-26-21-16-10-2)65(49-35-34-48-64(7)8)58(66)46-47-61(69)76-57(38-14-6)43-33-24-19-13-5/h54-57H,9-53H2,1-8H3. The van der Waals surface area contributed by atoms with Gasteiger partial charge in [-0.1, -0.05) is 196 Å². The van der Waals surface area contributed by atoms with Gasteiger partial charge in [-0.25, -0.2) is 0 Å². The maximum atomic E-state index is 14.2. The Balaban J connectivity index is 5.97. The molecule has 0 fully saturated rings. The summed E-state index contributed by atoms with van der Waals surface area (Å²) in [6.45, 7) is 13.9. The Morgan fingerprint density at radius 1 is 0.355 bits per heavy atom. The molecule has 0 saturated heterocycles. The molecule has 0 radical (unpaired) electrons. The molecule has 76 heavy (non-hydrogen) atoms. The summed E-state index contributed by atoms with van der Waals surface area (Å²) < 4.78 is 29.0. The van der Waals surface area contributed by atoms with Crippen LogP contribution in [0.3, 0.4) is 0 Å². The van der Waals surface area contributed by atoms with Gasteiger partial charge < -0.3 is 33.5 Å². The summed E-state index contributed by atoms with van der Waals surface area (Å²) in [5, 5.41) is 0. The van der Waals surface area contributed by atoms with E-state index in [2.05, 4.69) is 46.4 Å². The monoisotopic (exact) mass is 1080 g/mol. The molecule has 1 amide bonds. The first-order valence-electron chi connectivity index (χ1n) is 31.6. The lowest BCUT2D eigenvalue weighted by molar-refractivity contribution is -0.157.